The third-order valence-corrected chi connectivity index (χ3v) is 4.46. The van der Waals surface area contributed by atoms with Crippen LogP contribution in [0.5, 0.6) is 5.75 Å². The van der Waals surface area contributed by atoms with E-state index in [0.717, 1.165) is 35.8 Å². The summed E-state index contributed by atoms with van der Waals surface area (Å²) in [5.41, 5.74) is 2.83. The molecule has 0 unspecified atom stereocenters. The van der Waals surface area contributed by atoms with Gasteiger partial charge >= 0.3 is 0 Å². The Bertz CT molecular complexity index is 758. The molecule has 1 aromatic heterocycles. The van der Waals surface area contributed by atoms with E-state index >= 15 is 0 Å². The quantitative estimate of drug-likeness (QED) is 0.802. The van der Waals surface area contributed by atoms with Crippen LogP contribution in [-0.4, -0.2) is 49.3 Å². The van der Waals surface area contributed by atoms with Gasteiger partial charge in [0.2, 0.25) is 11.9 Å². The summed E-state index contributed by atoms with van der Waals surface area (Å²) in [6, 6.07) is 9.69. The zero-order valence-corrected chi connectivity index (χ0v) is 15.9. The highest BCUT2D eigenvalue weighted by Crippen LogP contribution is 2.14. The number of benzene rings is 1. The van der Waals surface area contributed by atoms with Gasteiger partial charge in [0, 0.05) is 25.2 Å². The first-order valence-corrected chi connectivity index (χ1v) is 9.21. The fourth-order valence-electron chi connectivity index (χ4n) is 2.94. The second kappa shape index (κ2) is 9.32. The average molecular weight is 370 g/mol. The minimum atomic E-state index is 0.00926. The molecular formula is C20H26N4O3. The van der Waals surface area contributed by atoms with Gasteiger partial charge in [-0.25, -0.2) is 9.97 Å². The van der Waals surface area contributed by atoms with Crippen LogP contribution in [0.15, 0.2) is 30.3 Å². The predicted molar refractivity (Wildman–Crippen MR) is 103 cm³/mol. The van der Waals surface area contributed by atoms with Crippen molar-refractivity contribution in [2.24, 2.45) is 0 Å². The summed E-state index contributed by atoms with van der Waals surface area (Å²) in [6.07, 6.45) is 1.13. The number of hydrogen-bond acceptors (Lipinski definition) is 6. The van der Waals surface area contributed by atoms with Crippen LogP contribution in [0.4, 0.5) is 5.95 Å². The van der Waals surface area contributed by atoms with Gasteiger partial charge in [-0.05, 0) is 37.1 Å². The molecule has 27 heavy (non-hydrogen) atoms. The number of nitrogens with zero attached hydrogens (tertiary/aromatic N) is 3. The summed E-state index contributed by atoms with van der Waals surface area (Å²) in [6.45, 7) is 5.31. The van der Waals surface area contributed by atoms with E-state index in [2.05, 4.69) is 20.2 Å². The summed E-state index contributed by atoms with van der Waals surface area (Å²) >= 11 is 0. The second-order valence-electron chi connectivity index (χ2n) is 6.52. The van der Waals surface area contributed by atoms with Crippen molar-refractivity contribution in [3.05, 3.63) is 47.3 Å². The Hall–Kier alpha value is -2.67. The van der Waals surface area contributed by atoms with Gasteiger partial charge in [-0.15, -0.1) is 0 Å². The minimum absolute atomic E-state index is 0.00926. The predicted octanol–water partition coefficient (Wildman–Crippen LogP) is 1.88. The van der Waals surface area contributed by atoms with Crippen LogP contribution in [0.1, 0.15) is 23.4 Å². The fraction of sp³-hybridized carbons (Fsp3) is 0.450. The molecule has 0 saturated carbocycles. The number of aryl methyl sites for hydroxylation is 2. The van der Waals surface area contributed by atoms with Crippen LogP contribution in [0.3, 0.4) is 0 Å². The topological polar surface area (TPSA) is 76.6 Å². The number of ether oxygens (including phenoxy) is 2. The average Bonchev–Trinajstić information content (AvgIpc) is 2.71. The Balaban J connectivity index is 1.51. The lowest BCUT2D eigenvalue weighted by Gasteiger charge is -2.27. The number of carbonyl (C=O) groups is 1. The van der Waals surface area contributed by atoms with Crippen molar-refractivity contribution >= 4 is 11.9 Å². The molecule has 0 atom stereocenters. The molecule has 3 rings (SSSR count). The van der Waals surface area contributed by atoms with Crippen LogP contribution >= 0.6 is 0 Å². The fourth-order valence-corrected chi connectivity index (χ4v) is 2.94. The van der Waals surface area contributed by atoms with Crippen molar-refractivity contribution in [3.63, 3.8) is 0 Å². The summed E-state index contributed by atoms with van der Waals surface area (Å²) in [7, 11) is 1.64. The van der Waals surface area contributed by atoms with E-state index in [1.807, 2.05) is 37.3 Å². The van der Waals surface area contributed by atoms with Crippen molar-refractivity contribution < 1.29 is 14.3 Å². The van der Waals surface area contributed by atoms with Crippen molar-refractivity contribution in [3.8, 4) is 5.75 Å². The molecule has 7 heteroatoms. The molecule has 2 heterocycles. The molecule has 1 saturated heterocycles. The Morgan fingerprint density at radius 1 is 1.22 bits per heavy atom. The van der Waals surface area contributed by atoms with E-state index in [0.29, 0.717) is 38.5 Å². The Morgan fingerprint density at radius 3 is 2.67 bits per heavy atom. The number of hydrogen-bond donors (Lipinski definition) is 1. The zero-order valence-electron chi connectivity index (χ0n) is 15.9. The lowest BCUT2D eigenvalue weighted by atomic mass is 10.1. The van der Waals surface area contributed by atoms with E-state index in [9.17, 15) is 4.79 Å². The second-order valence-corrected chi connectivity index (χ2v) is 6.52. The van der Waals surface area contributed by atoms with E-state index in [1.165, 1.54) is 0 Å². The first-order chi connectivity index (χ1) is 13.1. The van der Waals surface area contributed by atoms with Gasteiger partial charge in [0.15, 0.2) is 0 Å². The first-order valence-electron chi connectivity index (χ1n) is 9.21. The highest BCUT2D eigenvalue weighted by Gasteiger charge is 2.15. The lowest BCUT2D eigenvalue weighted by molar-refractivity contribution is -0.121. The number of anilines is 1. The number of rotatable bonds is 7. The Kier molecular flexibility index (Phi) is 6.59. The van der Waals surface area contributed by atoms with Gasteiger partial charge in [0.05, 0.1) is 32.6 Å². The highest BCUT2D eigenvalue weighted by atomic mass is 16.5. The van der Waals surface area contributed by atoms with Crippen LogP contribution in [0, 0.1) is 6.92 Å². The molecule has 7 nitrogen and oxygen atoms in total. The van der Waals surface area contributed by atoms with E-state index < -0.39 is 0 Å². The molecule has 0 radical (unpaired) electrons. The maximum absolute atomic E-state index is 12.2. The molecule has 1 amide bonds. The third kappa shape index (κ3) is 5.65. The van der Waals surface area contributed by atoms with Gasteiger partial charge in [-0.1, -0.05) is 12.1 Å². The third-order valence-electron chi connectivity index (χ3n) is 4.46. The van der Waals surface area contributed by atoms with Crippen molar-refractivity contribution in [1.82, 2.24) is 15.3 Å². The van der Waals surface area contributed by atoms with Gasteiger partial charge < -0.3 is 19.7 Å². The molecule has 144 valence electrons. The molecule has 0 aliphatic carbocycles. The lowest BCUT2D eigenvalue weighted by Crippen LogP contribution is -2.37. The number of amides is 1. The SMILES string of the molecule is COc1ccc(CCC(=O)NCc2cc(C)nc(N3CCOCC3)n2)cc1. The van der Waals surface area contributed by atoms with Gasteiger partial charge in [-0.3, -0.25) is 4.79 Å². The van der Waals surface area contributed by atoms with Crippen LogP contribution in [0.25, 0.3) is 0 Å². The van der Waals surface area contributed by atoms with E-state index in [-0.39, 0.29) is 5.91 Å². The van der Waals surface area contributed by atoms with Crippen molar-refractivity contribution in [1.29, 1.82) is 0 Å². The first kappa shape index (κ1) is 19.1. The Labute approximate surface area is 159 Å². The molecule has 1 aromatic carbocycles. The van der Waals surface area contributed by atoms with Crippen LogP contribution < -0.4 is 15.0 Å². The number of carbonyl (C=O) groups excluding carboxylic acids is 1. The van der Waals surface area contributed by atoms with Gasteiger partial charge in [-0.2, -0.15) is 0 Å². The number of nitrogens with one attached hydrogen (secondary N) is 1. The Morgan fingerprint density at radius 2 is 1.96 bits per heavy atom. The number of morpholine rings is 1. The normalized spacial score (nSPS) is 14.1. The molecule has 1 N–H and O–H groups in total. The van der Waals surface area contributed by atoms with Crippen molar-refractivity contribution in [2.75, 3.05) is 38.3 Å². The zero-order chi connectivity index (χ0) is 19.1. The maximum Gasteiger partial charge on any atom is 0.225 e. The smallest absolute Gasteiger partial charge is 0.225 e. The minimum Gasteiger partial charge on any atom is -0.497 e. The number of methoxy groups -OCH3 is 1. The highest BCUT2D eigenvalue weighted by molar-refractivity contribution is 5.76. The van der Waals surface area contributed by atoms with Crippen LogP contribution in [-0.2, 0) is 22.5 Å². The van der Waals surface area contributed by atoms with Gasteiger partial charge in [0.1, 0.15) is 5.75 Å². The van der Waals surface area contributed by atoms with E-state index in [4.69, 9.17) is 9.47 Å². The van der Waals surface area contributed by atoms with Crippen molar-refractivity contribution in [2.45, 2.75) is 26.3 Å². The number of aromatic nitrogens is 2. The molecular weight excluding hydrogens is 344 g/mol. The standard InChI is InChI=1S/C20H26N4O3/c1-15-13-17(23-20(22-15)24-9-11-27-12-10-24)14-21-19(25)8-5-16-3-6-18(26-2)7-4-16/h3-4,6-7,13H,5,8-12,14H2,1-2H3,(H,21,25). The summed E-state index contributed by atoms with van der Waals surface area (Å²) < 4.78 is 10.5. The maximum atomic E-state index is 12.2. The summed E-state index contributed by atoms with van der Waals surface area (Å²) in [4.78, 5) is 23.4. The van der Waals surface area contributed by atoms with Crippen LogP contribution in [0.2, 0.25) is 0 Å². The summed E-state index contributed by atoms with van der Waals surface area (Å²) in [5, 5.41) is 2.95. The van der Waals surface area contributed by atoms with Gasteiger partial charge in [0.25, 0.3) is 0 Å². The summed E-state index contributed by atoms with van der Waals surface area (Å²) in [5.74, 6) is 1.54. The molecule has 1 fully saturated rings. The molecule has 0 bridgehead atoms. The monoisotopic (exact) mass is 370 g/mol. The molecule has 1 aliphatic heterocycles. The molecule has 2 aromatic rings. The largest absolute Gasteiger partial charge is 0.497 e. The molecule has 1 aliphatic rings. The molecule has 0 spiro atoms. The van der Waals surface area contributed by atoms with E-state index in [1.54, 1.807) is 7.11 Å².